The van der Waals surface area contributed by atoms with Gasteiger partial charge in [-0.3, -0.25) is 14.2 Å². The summed E-state index contributed by atoms with van der Waals surface area (Å²) in [7, 11) is 0. The van der Waals surface area contributed by atoms with Crippen LogP contribution in [0.25, 0.3) is 0 Å². The molecule has 1 aliphatic rings. The van der Waals surface area contributed by atoms with E-state index in [1.165, 1.54) is 16.3 Å². The van der Waals surface area contributed by atoms with Gasteiger partial charge in [0.1, 0.15) is 12.2 Å². The highest BCUT2D eigenvalue weighted by atomic mass is 32.2. The molecular weight excluding hydrogens is 372 g/mol. The molecule has 0 unspecified atom stereocenters. The summed E-state index contributed by atoms with van der Waals surface area (Å²) in [6.45, 7) is 5.87. The average molecular weight is 395 g/mol. The highest BCUT2D eigenvalue weighted by Crippen LogP contribution is 2.35. The van der Waals surface area contributed by atoms with E-state index in [9.17, 15) is 9.59 Å². The van der Waals surface area contributed by atoms with E-state index < -0.39 is 5.97 Å². The maximum Gasteiger partial charge on any atom is 0.326 e. The molecule has 0 bridgehead atoms. The van der Waals surface area contributed by atoms with Crippen molar-refractivity contribution in [1.82, 2.24) is 14.5 Å². The second-order valence-corrected chi connectivity index (χ2v) is 8.04. The number of aryl methyl sites for hydroxylation is 3. The van der Waals surface area contributed by atoms with Crippen LogP contribution in [0.15, 0.2) is 9.95 Å². The fourth-order valence-corrected chi connectivity index (χ4v) is 4.71. The summed E-state index contributed by atoms with van der Waals surface area (Å²) in [6.07, 6.45) is 3.42. The summed E-state index contributed by atoms with van der Waals surface area (Å²) in [5.41, 5.74) is 2.01. The minimum Gasteiger partial charge on any atom is -0.465 e. The normalized spacial score (nSPS) is 16.1. The van der Waals surface area contributed by atoms with E-state index in [4.69, 9.17) is 4.74 Å². The largest absolute Gasteiger partial charge is 0.465 e. The predicted octanol–water partition coefficient (Wildman–Crippen LogP) is 2.70. The molecule has 0 spiro atoms. The number of nitrogens with one attached hydrogen (secondary N) is 1. The lowest BCUT2D eigenvalue weighted by Gasteiger charge is -2.26. The van der Waals surface area contributed by atoms with E-state index in [-0.39, 0.29) is 24.8 Å². The quantitative estimate of drug-likeness (QED) is 0.474. The van der Waals surface area contributed by atoms with Crippen LogP contribution in [0.3, 0.4) is 0 Å². The van der Waals surface area contributed by atoms with E-state index in [0.29, 0.717) is 17.3 Å². The first-order valence-corrected chi connectivity index (χ1v) is 10.5. The summed E-state index contributed by atoms with van der Waals surface area (Å²) in [5, 5.41) is 4.89. The molecule has 3 rings (SSSR count). The molecule has 3 heterocycles. The Balaban J connectivity index is 1.97. The molecule has 1 aliphatic heterocycles. The summed E-state index contributed by atoms with van der Waals surface area (Å²) in [4.78, 5) is 35.2. The Labute approximate surface area is 160 Å². The van der Waals surface area contributed by atoms with Gasteiger partial charge in [0.2, 0.25) is 0 Å². The number of ether oxygens (including phenoxy) is 1. The molecule has 2 aromatic heterocycles. The third kappa shape index (κ3) is 3.64. The third-order valence-electron chi connectivity index (χ3n) is 4.23. The molecule has 26 heavy (non-hydrogen) atoms. The van der Waals surface area contributed by atoms with Gasteiger partial charge in [0.05, 0.1) is 29.0 Å². The Kier molecular flexibility index (Phi) is 5.67. The standard InChI is InChI=1S/C17H22N4O3S2/c1-5-24-13(22)8-21-16(23)14-11(20-17(21)25-4)6-7-12(19-14)15-9(2)18-10(3)26-15/h12,19H,5-8H2,1-4H3/t12-/m0/s1. The van der Waals surface area contributed by atoms with Crippen molar-refractivity contribution in [2.45, 2.75) is 51.4 Å². The van der Waals surface area contributed by atoms with Crippen LogP contribution in [0.4, 0.5) is 5.69 Å². The third-order valence-corrected chi connectivity index (χ3v) is 6.09. The molecule has 0 saturated heterocycles. The van der Waals surface area contributed by atoms with Crippen molar-refractivity contribution in [2.75, 3.05) is 18.2 Å². The zero-order valence-corrected chi connectivity index (χ0v) is 16.9. The number of rotatable bonds is 5. The van der Waals surface area contributed by atoms with Crippen LogP contribution in [0.1, 0.15) is 40.7 Å². The summed E-state index contributed by atoms with van der Waals surface area (Å²) >= 11 is 3.00. The van der Waals surface area contributed by atoms with Gasteiger partial charge in [-0.05, 0) is 39.9 Å². The maximum atomic E-state index is 13.0. The number of hydrogen-bond donors (Lipinski definition) is 1. The Morgan fingerprint density at radius 1 is 1.42 bits per heavy atom. The molecule has 0 fully saturated rings. The number of fused-ring (bicyclic) bond motifs is 1. The molecule has 0 saturated carbocycles. The Hall–Kier alpha value is -1.87. The van der Waals surface area contributed by atoms with Crippen LogP contribution in [0, 0.1) is 13.8 Å². The molecule has 1 N–H and O–H groups in total. The van der Waals surface area contributed by atoms with Crippen molar-refractivity contribution in [3.63, 3.8) is 0 Å². The number of thiazole rings is 1. The van der Waals surface area contributed by atoms with Gasteiger partial charge in [-0.2, -0.15) is 0 Å². The summed E-state index contributed by atoms with van der Waals surface area (Å²) in [5.74, 6) is -0.437. The van der Waals surface area contributed by atoms with Gasteiger partial charge in [0.15, 0.2) is 5.16 Å². The van der Waals surface area contributed by atoms with Crippen molar-refractivity contribution in [3.8, 4) is 0 Å². The first-order chi connectivity index (χ1) is 12.4. The van der Waals surface area contributed by atoms with E-state index in [0.717, 1.165) is 27.7 Å². The minimum absolute atomic E-state index is 0.0411. The molecule has 140 valence electrons. The fourth-order valence-electron chi connectivity index (χ4n) is 3.13. The number of anilines is 1. The predicted molar refractivity (Wildman–Crippen MR) is 103 cm³/mol. The van der Waals surface area contributed by atoms with E-state index in [2.05, 4.69) is 15.3 Å². The molecule has 0 radical (unpaired) electrons. The molecule has 0 aromatic carbocycles. The lowest BCUT2D eigenvalue weighted by atomic mass is 10.0. The number of hydrogen-bond acceptors (Lipinski definition) is 8. The summed E-state index contributed by atoms with van der Waals surface area (Å²) < 4.78 is 6.38. The molecule has 7 nitrogen and oxygen atoms in total. The van der Waals surface area contributed by atoms with E-state index >= 15 is 0 Å². The highest BCUT2D eigenvalue weighted by molar-refractivity contribution is 7.98. The van der Waals surface area contributed by atoms with Crippen LogP contribution < -0.4 is 10.9 Å². The van der Waals surface area contributed by atoms with Crippen molar-refractivity contribution in [3.05, 3.63) is 31.6 Å². The monoisotopic (exact) mass is 394 g/mol. The van der Waals surface area contributed by atoms with Gasteiger partial charge < -0.3 is 10.1 Å². The zero-order valence-electron chi connectivity index (χ0n) is 15.3. The second-order valence-electron chi connectivity index (χ2n) is 6.03. The maximum absolute atomic E-state index is 13.0. The van der Waals surface area contributed by atoms with Crippen molar-refractivity contribution in [1.29, 1.82) is 0 Å². The molecule has 1 atom stereocenters. The van der Waals surface area contributed by atoms with Gasteiger partial charge in [0.25, 0.3) is 5.56 Å². The number of aromatic nitrogens is 3. The first kappa shape index (κ1) is 18.9. The first-order valence-electron chi connectivity index (χ1n) is 8.48. The number of nitrogens with zero attached hydrogens (tertiary/aromatic N) is 3. The Morgan fingerprint density at radius 3 is 2.81 bits per heavy atom. The molecule has 0 aliphatic carbocycles. The zero-order chi connectivity index (χ0) is 18.8. The molecule has 0 amide bonds. The lowest BCUT2D eigenvalue weighted by Crippen LogP contribution is -2.34. The topological polar surface area (TPSA) is 86.1 Å². The van der Waals surface area contributed by atoms with Crippen molar-refractivity contribution < 1.29 is 9.53 Å². The fraction of sp³-hybridized carbons (Fsp3) is 0.529. The number of thioether (sulfide) groups is 1. The number of carbonyl (C=O) groups excluding carboxylic acids is 1. The highest BCUT2D eigenvalue weighted by Gasteiger charge is 2.28. The lowest BCUT2D eigenvalue weighted by molar-refractivity contribution is -0.144. The molecular formula is C17H22N4O3S2. The van der Waals surface area contributed by atoms with Crippen LogP contribution in [-0.2, 0) is 22.5 Å². The average Bonchev–Trinajstić information content (AvgIpc) is 2.95. The molecule has 9 heteroatoms. The van der Waals surface area contributed by atoms with E-state index in [1.807, 2.05) is 20.1 Å². The van der Waals surface area contributed by atoms with Gasteiger partial charge in [-0.25, -0.2) is 9.97 Å². The second kappa shape index (κ2) is 7.79. The van der Waals surface area contributed by atoms with Gasteiger partial charge in [-0.15, -0.1) is 11.3 Å². The van der Waals surface area contributed by atoms with Gasteiger partial charge in [0, 0.05) is 4.88 Å². The van der Waals surface area contributed by atoms with Crippen molar-refractivity contribution in [2.24, 2.45) is 0 Å². The van der Waals surface area contributed by atoms with E-state index in [1.54, 1.807) is 18.3 Å². The van der Waals surface area contributed by atoms with Crippen LogP contribution in [-0.4, -0.2) is 33.4 Å². The van der Waals surface area contributed by atoms with Gasteiger partial charge in [-0.1, -0.05) is 11.8 Å². The van der Waals surface area contributed by atoms with Crippen LogP contribution in [0.5, 0.6) is 0 Å². The Bertz CT molecular complexity index is 891. The Morgan fingerprint density at radius 2 is 2.19 bits per heavy atom. The number of carbonyl (C=O) groups is 1. The minimum atomic E-state index is -0.437. The van der Waals surface area contributed by atoms with Crippen molar-refractivity contribution >= 4 is 34.8 Å². The summed E-state index contributed by atoms with van der Waals surface area (Å²) in [6, 6.07) is 0.0411. The molecule has 2 aromatic rings. The van der Waals surface area contributed by atoms with Gasteiger partial charge >= 0.3 is 5.97 Å². The van der Waals surface area contributed by atoms with Crippen LogP contribution in [0.2, 0.25) is 0 Å². The SMILES string of the molecule is CCOC(=O)Cn1c(SC)nc2c(c1=O)N[C@H](c1sc(C)nc1C)CC2. The smallest absolute Gasteiger partial charge is 0.326 e. The van der Waals surface area contributed by atoms with Crippen LogP contribution >= 0.6 is 23.1 Å². The number of esters is 1.